The monoisotopic (exact) mass is 264 g/mol. The Morgan fingerprint density at radius 1 is 1.37 bits per heavy atom. The maximum absolute atomic E-state index is 5.97. The largest absolute Gasteiger partial charge is 0.496 e. The van der Waals surface area contributed by atoms with Gasteiger partial charge in [0.15, 0.2) is 0 Å². The minimum absolute atomic E-state index is 0.276. The van der Waals surface area contributed by atoms with Gasteiger partial charge in [-0.25, -0.2) is 0 Å². The molecule has 19 heavy (non-hydrogen) atoms. The van der Waals surface area contributed by atoms with Crippen molar-refractivity contribution < 1.29 is 4.74 Å². The van der Waals surface area contributed by atoms with Crippen molar-refractivity contribution in [2.24, 2.45) is 11.7 Å². The lowest BCUT2D eigenvalue weighted by Crippen LogP contribution is -2.33. The van der Waals surface area contributed by atoms with Gasteiger partial charge in [0.2, 0.25) is 0 Å². The number of hydrogen-bond donors (Lipinski definition) is 1. The summed E-state index contributed by atoms with van der Waals surface area (Å²) < 4.78 is 5.31. The molecule has 3 heteroatoms. The second-order valence-electron chi connectivity index (χ2n) is 5.43. The van der Waals surface area contributed by atoms with Gasteiger partial charge in [-0.05, 0) is 37.1 Å². The Morgan fingerprint density at radius 2 is 2.05 bits per heavy atom. The fraction of sp³-hybridized carbons (Fsp3) is 0.625. The van der Waals surface area contributed by atoms with Gasteiger partial charge in [0.1, 0.15) is 5.75 Å². The van der Waals surface area contributed by atoms with Crippen molar-refractivity contribution >= 4 is 0 Å². The first-order valence-corrected chi connectivity index (χ1v) is 7.08. The van der Waals surface area contributed by atoms with Crippen LogP contribution in [-0.2, 0) is 0 Å². The third kappa shape index (κ3) is 4.22. The Morgan fingerprint density at radius 3 is 2.53 bits per heavy atom. The van der Waals surface area contributed by atoms with Gasteiger partial charge in [-0.2, -0.15) is 0 Å². The lowest BCUT2D eigenvalue weighted by atomic mass is 10.0. The molecule has 0 aliphatic rings. The fourth-order valence-corrected chi connectivity index (χ4v) is 2.43. The second kappa shape index (κ2) is 7.51. The number of likely N-dealkylation sites (N-methyl/N-ethyl adjacent to an activating group) is 1. The molecule has 0 radical (unpaired) electrons. The highest BCUT2D eigenvalue weighted by atomic mass is 16.5. The molecule has 2 unspecified atom stereocenters. The molecule has 1 rings (SSSR count). The highest BCUT2D eigenvalue weighted by Gasteiger charge is 2.17. The van der Waals surface area contributed by atoms with Crippen LogP contribution in [0.25, 0.3) is 0 Å². The Balaban J connectivity index is 2.87. The number of aryl methyl sites for hydroxylation is 1. The van der Waals surface area contributed by atoms with Crippen LogP contribution < -0.4 is 10.5 Å². The Kier molecular flexibility index (Phi) is 6.32. The van der Waals surface area contributed by atoms with E-state index in [0.717, 1.165) is 17.9 Å². The zero-order valence-electron chi connectivity index (χ0n) is 12.9. The van der Waals surface area contributed by atoms with E-state index in [9.17, 15) is 0 Å². The lowest BCUT2D eigenvalue weighted by molar-refractivity contribution is 0.215. The summed E-state index contributed by atoms with van der Waals surface area (Å²) in [5, 5.41) is 0. The van der Waals surface area contributed by atoms with Crippen molar-refractivity contribution in [3.63, 3.8) is 0 Å². The van der Waals surface area contributed by atoms with Crippen LogP contribution in [0.1, 0.15) is 37.4 Å². The van der Waals surface area contributed by atoms with E-state index in [1.165, 1.54) is 12.0 Å². The number of methoxy groups -OCH3 is 1. The van der Waals surface area contributed by atoms with Gasteiger partial charge < -0.3 is 10.5 Å². The highest BCUT2D eigenvalue weighted by Crippen LogP contribution is 2.25. The number of nitrogens with zero attached hydrogens (tertiary/aromatic N) is 1. The first-order valence-electron chi connectivity index (χ1n) is 7.08. The van der Waals surface area contributed by atoms with Crippen molar-refractivity contribution in [2.45, 2.75) is 33.2 Å². The summed E-state index contributed by atoms with van der Waals surface area (Å²) in [6.45, 7) is 8.30. The van der Waals surface area contributed by atoms with Crippen LogP contribution in [0.3, 0.4) is 0 Å². The summed E-state index contributed by atoms with van der Waals surface area (Å²) in [6.07, 6.45) is 1.20. The van der Waals surface area contributed by atoms with Crippen LogP contribution in [0.2, 0.25) is 0 Å². The molecule has 108 valence electrons. The van der Waals surface area contributed by atoms with Crippen LogP contribution >= 0.6 is 0 Å². The zero-order valence-corrected chi connectivity index (χ0v) is 12.9. The number of benzene rings is 1. The highest BCUT2D eigenvalue weighted by molar-refractivity contribution is 5.37. The average Bonchev–Trinajstić information content (AvgIpc) is 2.39. The molecule has 1 aromatic carbocycles. The van der Waals surface area contributed by atoms with Crippen molar-refractivity contribution in [3.05, 3.63) is 29.3 Å². The average molecular weight is 264 g/mol. The fourth-order valence-electron chi connectivity index (χ4n) is 2.43. The maximum atomic E-state index is 5.97. The van der Waals surface area contributed by atoms with Crippen LogP contribution in [0.4, 0.5) is 0 Å². The first-order chi connectivity index (χ1) is 9.03. The van der Waals surface area contributed by atoms with E-state index in [1.54, 1.807) is 7.11 Å². The summed E-state index contributed by atoms with van der Waals surface area (Å²) in [5.41, 5.74) is 8.40. The summed E-state index contributed by atoms with van der Waals surface area (Å²) in [7, 11) is 3.86. The predicted octanol–water partition coefficient (Wildman–Crippen LogP) is 2.98. The minimum Gasteiger partial charge on any atom is -0.496 e. The molecule has 1 aromatic rings. The standard InChI is InChI=1S/C16H28N2O/c1-6-12(2)11-18(4)15(10-17)14-7-8-16(19-5)13(3)9-14/h7-9,12,15H,6,10-11,17H2,1-5H3. The van der Waals surface area contributed by atoms with E-state index in [1.807, 2.05) is 6.07 Å². The summed E-state index contributed by atoms with van der Waals surface area (Å²) in [5.74, 6) is 1.63. The van der Waals surface area contributed by atoms with Gasteiger partial charge >= 0.3 is 0 Å². The molecule has 2 atom stereocenters. The van der Waals surface area contributed by atoms with Gasteiger partial charge in [-0.3, -0.25) is 4.90 Å². The number of nitrogens with two attached hydrogens (primary N) is 1. The molecule has 2 N–H and O–H groups in total. The van der Waals surface area contributed by atoms with E-state index in [0.29, 0.717) is 12.5 Å². The van der Waals surface area contributed by atoms with Gasteiger partial charge in [0.25, 0.3) is 0 Å². The number of rotatable bonds is 7. The molecule has 0 aliphatic heterocycles. The molecule has 0 heterocycles. The summed E-state index contributed by atoms with van der Waals surface area (Å²) >= 11 is 0. The molecule has 0 spiro atoms. The van der Waals surface area contributed by atoms with Crippen molar-refractivity contribution in [3.8, 4) is 5.75 Å². The Labute approximate surface area is 117 Å². The van der Waals surface area contributed by atoms with E-state index in [2.05, 4.69) is 44.9 Å². The number of ether oxygens (including phenoxy) is 1. The minimum atomic E-state index is 0.276. The molecule has 0 bridgehead atoms. The second-order valence-corrected chi connectivity index (χ2v) is 5.43. The zero-order chi connectivity index (χ0) is 14.4. The topological polar surface area (TPSA) is 38.5 Å². The van der Waals surface area contributed by atoms with Crippen LogP contribution in [0.15, 0.2) is 18.2 Å². The first kappa shape index (κ1) is 16.0. The molecule has 0 amide bonds. The van der Waals surface area contributed by atoms with Crippen LogP contribution in [0.5, 0.6) is 5.75 Å². The van der Waals surface area contributed by atoms with Gasteiger partial charge in [0.05, 0.1) is 7.11 Å². The van der Waals surface area contributed by atoms with Crippen molar-refractivity contribution in [1.29, 1.82) is 0 Å². The number of hydrogen-bond acceptors (Lipinski definition) is 3. The summed E-state index contributed by atoms with van der Waals surface area (Å²) in [6, 6.07) is 6.61. The quantitative estimate of drug-likeness (QED) is 0.823. The molecular formula is C16H28N2O. The van der Waals surface area contributed by atoms with Crippen molar-refractivity contribution in [2.75, 3.05) is 27.2 Å². The molecule has 0 aliphatic carbocycles. The lowest BCUT2D eigenvalue weighted by Gasteiger charge is -2.30. The Bertz CT molecular complexity index is 392. The van der Waals surface area contributed by atoms with E-state index in [-0.39, 0.29) is 6.04 Å². The normalized spacial score (nSPS) is 14.5. The third-order valence-corrected chi connectivity index (χ3v) is 3.86. The third-order valence-electron chi connectivity index (χ3n) is 3.86. The van der Waals surface area contributed by atoms with E-state index >= 15 is 0 Å². The molecular weight excluding hydrogens is 236 g/mol. The van der Waals surface area contributed by atoms with Gasteiger partial charge in [-0.15, -0.1) is 0 Å². The molecule has 0 fully saturated rings. The SMILES string of the molecule is CCC(C)CN(C)C(CN)c1ccc(OC)c(C)c1. The van der Waals surface area contributed by atoms with Crippen LogP contribution in [0, 0.1) is 12.8 Å². The van der Waals surface area contributed by atoms with Crippen LogP contribution in [-0.4, -0.2) is 32.1 Å². The smallest absolute Gasteiger partial charge is 0.121 e. The maximum Gasteiger partial charge on any atom is 0.121 e. The van der Waals surface area contributed by atoms with E-state index < -0.39 is 0 Å². The Hall–Kier alpha value is -1.06. The van der Waals surface area contributed by atoms with Gasteiger partial charge in [-0.1, -0.05) is 32.4 Å². The molecule has 0 saturated heterocycles. The van der Waals surface area contributed by atoms with Crippen molar-refractivity contribution in [1.82, 2.24) is 4.90 Å². The molecule has 0 saturated carbocycles. The van der Waals surface area contributed by atoms with E-state index in [4.69, 9.17) is 10.5 Å². The molecule has 3 nitrogen and oxygen atoms in total. The summed E-state index contributed by atoms with van der Waals surface area (Å²) in [4.78, 5) is 2.36. The van der Waals surface area contributed by atoms with Gasteiger partial charge in [0, 0.05) is 19.1 Å². The molecule has 0 aromatic heterocycles. The predicted molar refractivity (Wildman–Crippen MR) is 81.6 cm³/mol.